The van der Waals surface area contributed by atoms with Gasteiger partial charge in [-0.05, 0) is 40.8 Å². The Balaban J connectivity index is 2.22. The molecule has 76 valence electrons. The van der Waals surface area contributed by atoms with Crippen LogP contribution in [0.25, 0.3) is 0 Å². The Labute approximate surface area is 101 Å². The maximum absolute atomic E-state index is 5.55. The highest BCUT2D eigenvalue weighted by atomic mass is 127. The lowest BCUT2D eigenvalue weighted by Crippen LogP contribution is -1.97. The summed E-state index contributed by atoms with van der Waals surface area (Å²) in [5.74, 6) is 1.16. The van der Waals surface area contributed by atoms with Gasteiger partial charge < -0.3 is 11.1 Å². The molecule has 2 rings (SSSR count). The third-order valence-corrected chi connectivity index (χ3v) is 2.46. The molecule has 4 nitrogen and oxygen atoms in total. The molecule has 0 unspecified atom stereocenters. The molecule has 0 amide bonds. The lowest BCUT2D eigenvalue weighted by molar-refractivity contribution is 1.18. The van der Waals surface area contributed by atoms with E-state index in [0.29, 0.717) is 11.6 Å². The van der Waals surface area contributed by atoms with Crippen LogP contribution in [0, 0.1) is 3.57 Å². The predicted molar refractivity (Wildman–Crippen MR) is 68.9 cm³/mol. The minimum atomic E-state index is 0.457. The second-order valence-electron chi connectivity index (χ2n) is 2.96. The van der Waals surface area contributed by atoms with E-state index in [4.69, 9.17) is 5.73 Å². The standard InChI is InChI=1S/C10H9IN4/c11-7-2-1-3-8(4-7)15-10-5-9(12)13-6-14-10/h1-6H,(H3,12,13,14,15). The molecule has 0 aliphatic rings. The van der Waals surface area contributed by atoms with Crippen molar-refractivity contribution in [3.63, 3.8) is 0 Å². The number of nitrogen functional groups attached to an aromatic ring is 1. The molecular weight excluding hydrogens is 303 g/mol. The van der Waals surface area contributed by atoms with Crippen molar-refractivity contribution in [1.82, 2.24) is 9.97 Å². The summed E-state index contributed by atoms with van der Waals surface area (Å²) in [5, 5.41) is 3.15. The molecule has 15 heavy (non-hydrogen) atoms. The lowest BCUT2D eigenvalue weighted by atomic mass is 10.3. The van der Waals surface area contributed by atoms with E-state index in [0.717, 1.165) is 5.69 Å². The van der Waals surface area contributed by atoms with Gasteiger partial charge in [-0.25, -0.2) is 9.97 Å². The fourth-order valence-electron chi connectivity index (χ4n) is 1.15. The van der Waals surface area contributed by atoms with E-state index in [1.165, 1.54) is 9.90 Å². The highest BCUT2D eigenvalue weighted by Crippen LogP contribution is 2.17. The maximum atomic E-state index is 5.55. The topological polar surface area (TPSA) is 63.8 Å². The van der Waals surface area contributed by atoms with E-state index in [9.17, 15) is 0 Å². The van der Waals surface area contributed by atoms with Gasteiger partial charge in [0.15, 0.2) is 0 Å². The number of nitrogens with two attached hydrogens (primary N) is 1. The van der Waals surface area contributed by atoms with Crippen molar-refractivity contribution >= 4 is 39.9 Å². The van der Waals surface area contributed by atoms with E-state index in [1.807, 2.05) is 24.3 Å². The minimum absolute atomic E-state index is 0.457. The molecule has 0 atom stereocenters. The average molecular weight is 312 g/mol. The smallest absolute Gasteiger partial charge is 0.135 e. The highest BCUT2D eigenvalue weighted by molar-refractivity contribution is 14.1. The van der Waals surface area contributed by atoms with Gasteiger partial charge in [-0.1, -0.05) is 6.07 Å². The quantitative estimate of drug-likeness (QED) is 0.836. The summed E-state index contributed by atoms with van der Waals surface area (Å²) in [6.45, 7) is 0. The first-order chi connectivity index (χ1) is 7.24. The van der Waals surface area contributed by atoms with E-state index >= 15 is 0 Å². The van der Waals surface area contributed by atoms with Crippen molar-refractivity contribution in [1.29, 1.82) is 0 Å². The number of benzene rings is 1. The molecule has 3 N–H and O–H groups in total. The van der Waals surface area contributed by atoms with Gasteiger partial charge in [-0.15, -0.1) is 0 Å². The van der Waals surface area contributed by atoms with Crippen molar-refractivity contribution in [2.24, 2.45) is 0 Å². The Morgan fingerprint density at radius 3 is 2.80 bits per heavy atom. The summed E-state index contributed by atoms with van der Waals surface area (Å²) in [5.41, 5.74) is 6.54. The van der Waals surface area contributed by atoms with Crippen LogP contribution in [0.1, 0.15) is 0 Å². The number of anilines is 3. The Hall–Kier alpha value is -1.37. The molecule has 0 spiro atoms. The highest BCUT2D eigenvalue weighted by Gasteiger charge is 1.97. The summed E-state index contributed by atoms with van der Waals surface area (Å²) in [7, 11) is 0. The number of rotatable bonds is 2. The Morgan fingerprint density at radius 2 is 2.07 bits per heavy atom. The van der Waals surface area contributed by atoms with Crippen molar-refractivity contribution in [2.45, 2.75) is 0 Å². The van der Waals surface area contributed by atoms with E-state index < -0.39 is 0 Å². The van der Waals surface area contributed by atoms with Crippen LogP contribution in [-0.2, 0) is 0 Å². The van der Waals surface area contributed by atoms with Crippen molar-refractivity contribution in [2.75, 3.05) is 11.1 Å². The van der Waals surface area contributed by atoms with Crippen LogP contribution in [0.2, 0.25) is 0 Å². The predicted octanol–water partition coefficient (Wildman–Crippen LogP) is 2.41. The summed E-state index contributed by atoms with van der Waals surface area (Å²) in [6, 6.07) is 9.70. The average Bonchev–Trinajstić information content (AvgIpc) is 2.17. The van der Waals surface area contributed by atoms with Gasteiger partial charge in [0.2, 0.25) is 0 Å². The number of nitrogens with one attached hydrogen (secondary N) is 1. The van der Waals surface area contributed by atoms with E-state index in [-0.39, 0.29) is 0 Å². The first-order valence-corrected chi connectivity index (χ1v) is 5.42. The Bertz CT molecular complexity index is 429. The molecule has 0 aliphatic heterocycles. The normalized spacial score (nSPS) is 9.93. The van der Waals surface area contributed by atoms with Crippen LogP contribution in [0.3, 0.4) is 0 Å². The second-order valence-corrected chi connectivity index (χ2v) is 4.21. The zero-order valence-corrected chi connectivity index (χ0v) is 9.97. The largest absolute Gasteiger partial charge is 0.384 e. The van der Waals surface area contributed by atoms with Gasteiger partial charge in [0.05, 0.1) is 0 Å². The van der Waals surface area contributed by atoms with Crippen molar-refractivity contribution in [3.05, 3.63) is 40.2 Å². The first-order valence-electron chi connectivity index (χ1n) is 4.34. The summed E-state index contributed by atoms with van der Waals surface area (Å²) in [4.78, 5) is 7.88. The first kappa shape index (κ1) is 10.2. The summed E-state index contributed by atoms with van der Waals surface area (Å²) < 4.78 is 1.17. The summed E-state index contributed by atoms with van der Waals surface area (Å²) >= 11 is 2.26. The second kappa shape index (κ2) is 4.43. The molecule has 0 saturated heterocycles. The molecule has 1 aromatic heterocycles. The van der Waals surface area contributed by atoms with Crippen LogP contribution >= 0.6 is 22.6 Å². The monoisotopic (exact) mass is 312 g/mol. The third kappa shape index (κ3) is 2.79. The molecule has 0 radical (unpaired) electrons. The van der Waals surface area contributed by atoms with E-state index in [1.54, 1.807) is 6.07 Å². The van der Waals surface area contributed by atoms with Gasteiger partial charge in [-0.3, -0.25) is 0 Å². The van der Waals surface area contributed by atoms with Gasteiger partial charge >= 0.3 is 0 Å². The number of aromatic nitrogens is 2. The number of nitrogens with zero attached hydrogens (tertiary/aromatic N) is 2. The zero-order chi connectivity index (χ0) is 10.7. The molecule has 2 aromatic rings. The van der Waals surface area contributed by atoms with Gasteiger partial charge in [0, 0.05) is 15.3 Å². The van der Waals surface area contributed by atoms with E-state index in [2.05, 4.69) is 37.9 Å². The fourth-order valence-corrected chi connectivity index (χ4v) is 1.70. The molecule has 1 heterocycles. The number of hydrogen-bond acceptors (Lipinski definition) is 4. The number of hydrogen-bond donors (Lipinski definition) is 2. The van der Waals surface area contributed by atoms with Gasteiger partial charge in [0.1, 0.15) is 18.0 Å². The van der Waals surface area contributed by atoms with Crippen LogP contribution in [0.15, 0.2) is 36.7 Å². The lowest BCUT2D eigenvalue weighted by Gasteiger charge is -2.05. The maximum Gasteiger partial charge on any atom is 0.135 e. The molecule has 0 saturated carbocycles. The minimum Gasteiger partial charge on any atom is -0.384 e. The van der Waals surface area contributed by atoms with Gasteiger partial charge in [-0.2, -0.15) is 0 Å². The molecular formula is C10H9IN4. The fraction of sp³-hybridized carbons (Fsp3) is 0. The molecule has 1 aromatic carbocycles. The van der Waals surface area contributed by atoms with Crippen molar-refractivity contribution in [3.8, 4) is 0 Å². The van der Waals surface area contributed by atoms with Crippen molar-refractivity contribution < 1.29 is 0 Å². The van der Waals surface area contributed by atoms with Crippen LogP contribution in [0.4, 0.5) is 17.3 Å². The number of halogens is 1. The third-order valence-electron chi connectivity index (χ3n) is 1.79. The van der Waals surface area contributed by atoms with Crippen LogP contribution in [0.5, 0.6) is 0 Å². The molecule has 0 aliphatic carbocycles. The molecule has 0 bridgehead atoms. The Morgan fingerprint density at radius 1 is 1.20 bits per heavy atom. The summed E-state index contributed by atoms with van der Waals surface area (Å²) in [6.07, 6.45) is 1.44. The molecule has 5 heteroatoms. The van der Waals surface area contributed by atoms with Gasteiger partial charge in [0.25, 0.3) is 0 Å². The zero-order valence-electron chi connectivity index (χ0n) is 7.81. The molecule has 0 fully saturated rings. The van der Waals surface area contributed by atoms with Crippen LogP contribution < -0.4 is 11.1 Å². The SMILES string of the molecule is Nc1cc(Nc2cccc(I)c2)ncn1. The van der Waals surface area contributed by atoms with Crippen LogP contribution in [-0.4, -0.2) is 9.97 Å². The Kier molecular flexibility index (Phi) is 3.00.